The van der Waals surface area contributed by atoms with Gasteiger partial charge >= 0.3 is 6.09 Å². The molecule has 0 amide bonds. The summed E-state index contributed by atoms with van der Waals surface area (Å²) in [7, 11) is 0. The summed E-state index contributed by atoms with van der Waals surface area (Å²) in [4.78, 5) is 32.0. The van der Waals surface area contributed by atoms with Crippen molar-refractivity contribution in [2.75, 3.05) is 0 Å². The maximum atomic E-state index is 12.3. The molecule has 0 radical (unpaired) electrons. The van der Waals surface area contributed by atoms with Crippen molar-refractivity contribution in [1.29, 1.82) is 0 Å². The summed E-state index contributed by atoms with van der Waals surface area (Å²) in [6.07, 6.45) is 3.29. The maximum absolute atomic E-state index is 12.3. The summed E-state index contributed by atoms with van der Waals surface area (Å²) >= 11 is 0. The fraction of sp³-hybridized carbons (Fsp3) is 0.375. The Labute approximate surface area is 132 Å². The van der Waals surface area contributed by atoms with Crippen molar-refractivity contribution in [2.45, 2.75) is 39.2 Å². The highest BCUT2D eigenvalue weighted by Crippen LogP contribution is 2.29. The zero-order valence-electron chi connectivity index (χ0n) is 13.2. The Balaban J connectivity index is 2.08. The van der Waals surface area contributed by atoms with E-state index in [9.17, 15) is 14.7 Å². The first-order chi connectivity index (χ1) is 10.7. The van der Waals surface area contributed by atoms with Crippen molar-refractivity contribution in [1.82, 2.24) is 14.5 Å². The summed E-state index contributed by atoms with van der Waals surface area (Å²) in [6, 6.07) is 1.55. The Morgan fingerprint density at radius 2 is 2.04 bits per heavy atom. The number of allylic oxidation sites excluding steroid dienone is 2. The standard InChI is InChI=1S/C16H17N3O4/c1-16(2,3)23-15(22)19-7-6-11-13(19)17-12(18-14(11)21)9-4-5-10(20)8-9/h6-8H,4-5H2,1-3H3,(H,17,18,21). The third-order valence-electron chi connectivity index (χ3n) is 3.38. The molecule has 3 rings (SSSR count). The molecule has 7 heteroatoms. The second-order valence-electron chi connectivity index (χ2n) is 6.41. The summed E-state index contributed by atoms with van der Waals surface area (Å²) < 4.78 is 6.55. The van der Waals surface area contributed by atoms with Crippen LogP contribution in [0.3, 0.4) is 0 Å². The van der Waals surface area contributed by atoms with Gasteiger partial charge in [0.15, 0.2) is 17.3 Å². The molecule has 0 spiro atoms. The first-order valence-electron chi connectivity index (χ1n) is 7.30. The van der Waals surface area contributed by atoms with Gasteiger partial charge in [-0.15, -0.1) is 0 Å². The van der Waals surface area contributed by atoms with E-state index in [2.05, 4.69) is 9.97 Å². The van der Waals surface area contributed by atoms with Crippen LogP contribution in [0.5, 0.6) is 5.88 Å². The number of hydrogen-bond donors (Lipinski definition) is 1. The van der Waals surface area contributed by atoms with Crippen LogP contribution in [0.4, 0.5) is 4.79 Å². The van der Waals surface area contributed by atoms with E-state index in [4.69, 9.17) is 4.74 Å². The summed E-state index contributed by atoms with van der Waals surface area (Å²) in [5.41, 5.74) is 0.262. The highest BCUT2D eigenvalue weighted by molar-refractivity contribution is 6.01. The zero-order valence-corrected chi connectivity index (χ0v) is 13.2. The summed E-state index contributed by atoms with van der Waals surface area (Å²) in [5, 5.41) is 10.4. The van der Waals surface area contributed by atoms with Gasteiger partial charge in [0, 0.05) is 18.2 Å². The Morgan fingerprint density at radius 1 is 1.30 bits per heavy atom. The molecular weight excluding hydrogens is 298 g/mol. The van der Waals surface area contributed by atoms with E-state index in [0.29, 0.717) is 23.8 Å². The lowest BCUT2D eigenvalue weighted by molar-refractivity contribution is -0.114. The molecule has 0 atom stereocenters. The fourth-order valence-corrected chi connectivity index (χ4v) is 2.37. The fourth-order valence-electron chi connectivity index (χ4n) is 2.37. The van der Waals surface area contributed by atoms with Crippen LogP contribution in [-0.4, -0.2) is 37.1 Å². The molecule has 0 saturated heterocycles. The number of hydrogen-bond acceptors (Lipinski definition) is 6. The van der Waals surface area contributed by atoms with Crippen LogP contribution in [0.25, 0.3) is 16.6 Å². The molecule has 2 aromatic rings. The Hall–Kier alpha value is -2.70. The minimum Gasteiger partial charge on any atom is -0.493 e. The van der Waals surface area contributed by atoms with Gasteiger partial charge in [0.05, 0.1) is 5.39 Å². The topological polar surface area (TPSA) is 94.3 Å². The van der Waals surface area contributed by atoms with Gasteiger partial charge in [0.1, 0.15) is 5.60 Å². The monoisotopic (exact) mass is 315 g/mol. The SMILES string of the molecule is CC(C)(C)OC(=O)n1ccc2c(O)nc(C3=CC(=O)CC3)nc21. The number of rotatable bonds is 1. The van der Waals surface area contributed by atoms with Crippen molar-refractivity contribution < 1.29 is 19.4 Å². The van der Waals surface area contributed by atoms with Gasteiger partial charge in [-0.25, -0.2) is 14.3 Å². The van der Waals surface area contributed by atoms with E-state index in [0.717, 1.165) is 0 Å². The summed E-state index contributed by atoms with van der Waals surface area (Å²) in [5.74, 6) is 0.0302. The van der Waals surface area contributed by atoms with Gasteiger partial charge in [-0.1, -0.05) is 0 Å². The largest absolute Gasteiger partial charge is 0.493 e. The molecule has 2 heterocycles. The van der Waals surface area contributed by atoms with Crippen LogP contribution in [0.1, 0.15) is 39.4 Å². The van der Waals surface area contributed by atoms with Crippen molar-refractivity contribution in [2.24, 2.45) is 0 Å². The normalized spacial score (nSPS) is 15.1. The first kappa shape index (κ1) is 15.2. The predicted molar refractivity (Wildman–Crippen MR) is 83.0 cm³/mol. The third-order valence-corrected chi connectivity index (χ3v) is 3.38. The van der Waals surface area contributed by atoms with E-state index in [-0.39, 0.29) is 23.1 Å². The minimum absolute atomic E-state index is 0.00529. The Morgan fingerprint density at radius 3 is 2.65 bits per heavy atom. The molecule has 1 aliphatic carbocycles. The van der Waals surface area contributed by atoms with Gasteiger partial charge in [-0.3, -0.25) is 4.79 Å². The van der Waals surface area contributed by atoms with Gasteiger partial charge in [0.25, 0.3) is 0 Å². The highest BCUT2D eigenvalue weighted by atomic mass is 16.6. The number of ether oxygens (including phenoxy) is 1. The van der Waals surface area contributed by atoms with Crippen molar-refractivity contribution >= 4 is 28.5 Å². The smallest absolute Gasteiger partial charge is 0.420 e. The summed E-state index contributed by atoms with van der Waals surface area (Å²) in [6.45, 7) is 5.30. The van der Waals surface area contributed by atoms with Crippen LogP contribution in [0, 0.1) is 0 Å². The maximum Gasteiger partial charge on any atom is 0.420 e. The van der Waals surface area contributed by atoms with E-state index >= 15 is 0 Å². The number of aromatic hydroxyl groups is 1. The van der Waals surface area contributed by atoms with Crippen molar-refractivity contribution in [3.63, 3.8) is 0 Å². The first-order valence-corrected chi connectivity index (χ1v) is 7.30. The second kappa shape index (κ2) is 5.19. The van der Waals surface area contributed by atoms with Gasteiger partial charge < -0.3 is 9.84 Å². The van der Waals surface area contributed by atoms with E-state index < -0.39 is 11.7 Å². The third kappa shape index (κ3) is 2.94. The molecule has 2 aromatic heterocycles. The highest BCUT2D eigenvalue weighted by Gasteiger charge is 2.23. The van der Waals surface area contributed by atoms with Crippen LogP contribution in [0.2, 0.25) is 0 Å². The lowest BCUT2D eigenvalue weighted by Crippen LogP contribution is -2.27. The van der Waals surface area contributed by atoms with E-state index in [1.165, 1.54) is 16.8 Å². The molecule has 23 heavy (non-hydrogen) atoms. The van der Waals surface area contributed by atoms with Gasteiger partial charge in [-0.05, 0) is 39.3 Å². The average Bonchev–Trinajstić information content (AvgIpc) is 3.02. The van der Waals surface area contributed by atoms with Crippen LogP contribution < -0.4 is 0 Å². The molecule has 0 aliphatic heterocycles. The molecule has 0 saturated carbocycles. The predicted octanol–water partition coefficient (Wildman–Crippen LogP) is 2.67. The molecule has 120 valence electrons. The lowest BCUT2D eigenvalue weighted by Gasteiger charge is -2.19. The molecule has 1 N–H and O–H groups in total. The number of ketones is 1. The molecule has 0 bridgehead atoms. The Bertz CT molecular complexity index is 843. The second-order valence-corrected chi connectivity index (χ2v) is 6.41. The molecule has 0 unspecified atom stereocenters. The number of nitrogens with zero attached hydrogens (tertiary/aromatic N) is 3. The molecule has 0 aromatic carbocycles. The number of fused-ring (bicyclic) bond motifs is 1. The number of carbonyl (C=O) groups is 2. The molecular formula is C16H17N3O4. The Kier molecular flexibility index (Phi) is 3.43. The quantitative estimate of drug-likeness (QED) is 0.869. The minimum atomic E-state index is -0.647. The zero-order chi connectivity index (χ0) is 16.8. The molecule has 0 fully saturated rings. The van der Waals surface area contributed by atoms with Gasteiger partial charge in [0.2, 0.25) is 5.88 Å². The van der Waals surface area contributed by atoms with E-state index in [1.54, 1.807) is 26.8 Å². The lowest BCUT2D eigenvalue weighted by atomic mass is 10.2. The van der Waals surface area contributed by atoms with Crippen LogP contribution in [0.15, 0.2) is 18.3 Å². The molecule has 7 nitrogen and oxygen atoms in total. The van der Waals surface area contributed by atoms with E-state index in [1.807, 2.05) is 0 Å². The van der Waals surface area contributed by atoms with Crippen LogP contribution in [-0.2, 0) is 9.53 Å². The van der Waals surface area contributed by atoms with Crippen LogP contribution >= 0.6 is 0 Å². The number of carbonyl (C=O) groups excluding carboxylic acids is 2. The van der Waals surface area contributed by atoms with Crippen molar-refractivity contribution in [3.8, 4) is 5.88 Å². The molecule has 1 aliphatic rings. The average molecular weight is 315 g/mol. The number of aromatic nitrogens is 3. The van der Waals surface area contributed by atoms with Gasteiger partial charge in [-0.2, -0.15) is 4.98 Å². The van der Waals surface area contributed by atoms with Crippen molar-refractivity contribution in [3.05, 3.63) is 24.2 Å².